The molecule has 0 aliphatic heterocycles. The van der Waals surface area contributed by atoms with Crippen LogP contribution < -0.4 is 5.32 Å². The van der Waals surface area contributed by atoms with E-state index in [4.69, 9.17) is 4.42 Å². The summed E-state index contributed by atoms with van der Waals surface area (Å²) in [6, 6.07) is 6.72. The first kappa shape index (κ1) is 20.7. The van der Waals surface area contributed by atoms with Crippen molar-refractivity contribution in [3.8, 4) is 0 Å². The van der Waals surface area contributed by atoms with E-state index in [1.807, 2.05) is 30.5 Å². The normalized spacial score (nSPS) is 15.6. The van der Waals surface area contributed by atoms with Crippen molar-refractivity contribution in [3.05, 3.63) is 57.1 Å². The van der Waals surface area contributed by atoms with Gasteiger partial charge in [0.25, 0.3) is 11.8 Å². The number of amides is 2. The van der Waals surface area contributed by atoms with Crippen LogP contribution in [0.2, 0.25) is 0 Å². The molecule has 1 atom stereocenters. The molecule has 7 nitrogen and oxygen atoms in total. The molecule has 3 heterocycles. The molecule has 1 fully saturated rings. The third kappa shape index (κ3) is 4.79. The second-order valence-corrected chi connectivity index (χ2v) is 9.14. The Hall–Kier alpha value is -2.52. The minimum Gasteiger partial charge on any atom is -0.464 e. The number of furan rings is 1. The first-order valence-corrected chi connectivity index (χ1v) is 11.8. The monoisotopic (exact) mass is 444 g/mol. The molecule has 0 aromatic carbocycles. The predicted molar refractivity (Wildman–Crippen MR) is 115 cm³/mol. The van der Waals surface area contributed by atoms with Gasteiger partial charge in [-0.1, -0.05) is 29.8 Å². The molecule has 0 spiro atoms. The summed E-state index contributed by atoms with van der Waals surface area (Å²) in [5, 5.41) is 10.7. The molecule has 1 aliphatic rings. The first-order valence-electron chi connectivity index (χ1n) is 10.1. The van der Waals surface area contributed by atoms with Gasteiger partial charge in [0.15, 0.2) is 11.7 Å². The lowest BCUT2D eigenvalue weighted by Crippen LogP contribution is -2.46. The number of aromatic nitrogens is 2. The average Bonchev–Trinajstić information content (AvgIpc) is 3.51. The van der Waals surface area contributed by atoms with Crippen LogP contribution in [-0.2, 0) is 11.3 Å². The molecule has 3 aromatic rings. The minimum absolute atomic E-state index is 0.129. The smallest absolute Gasteiger partial charge is 0.276 e. The topological polar surface area (TPSA) is 88.3 Å². The quantitative estimate of drug-likeness (QED) is 0.586. The fourth-order valence-electron chi connectivity index (χ4n) is 3.81. The lowest BCUT2D eigenvalue weighted by atomic mass is 9.95. The average molecular weight is 445 g/mol. The Balaban J connectivity index is 1.68. The fraction of sp³-hybridized carbons (Fsp3) is 0.429. The van der Waals surface area contributed by atoms with E-state index in [2.05, 4.69) is 14.9 Å². The van der Waals surface area contributed by atoms with Crippen LogP contribution in [0.4, 0.5) is 0 Å². The number of hydrogen-bond acceptors (Lipinski definition) is 7. The highest BCUT2D eigenvalue weighted by atomic mass is 32.1. The van der Waals surface area contributed by atoms with E-state index >= 15 is 0 Å². The Kier molecular flexibility index (Phi) is 6.59. The van der Waals surface area contributed by atoms with E-state index in [1.165, 1.54) is 6.42 Å². The number of nitrogens with zero attached hydrogens (tertiary/aromatic N) is 3. The molecule has 0 bridgehead atoms. The van der Waals surface area contributed by atoms with E-state index in [1.54, 1.807) is 27.7 Å². The highest BCUT2D eigenvalue weighted by Gasteiger charge is 2.36. The summed E-state index contributed by atoms with van der Waals surface area (Å²) in [4.78, 5) is 29.4. The molecule has 0 saturated heterocycles. The van der Waals surface area contributed by atoms with Crippen molar-refractivity contribution in [1.82, 2.24) is 19.8 Å². The second-order valence-electron chi connectivity index (χ2n) is 7.50. The summed E-state index contributed by atoms with van der Waals surface area (Å²) in [5.74, 6) is 0.590. The number of rotatable bonds is 7. The Morgan fingerprint density at radius 2 is 2.10 bits per heavy atom. The summed E-state index contributed by atoms with van der Waals surface area (Å²) in [6.07, 6.45) is 5.34. The summed E-state index contributed by atoms with van der Waals surface area (Å²) >= 11 is 2.65. The number of thiophene rings is 1. The van der Waals surface area contributed by atoms with Crippen molar-refractivity contribution in [2.24, 2.45) is 0 Å². The molecule has 1 unspecified atom stereocenters. The molecule has 0 radical (unpaired) electrons. The van der Waals surface area contributed by atoms with Gasteiger partial charge in [-0.3, -0.25) is 9.59 Å². The zero-order chi connectivity index (χ0) is 20.9. The van der Waals surface area contributed by atoms with E-state index in [9.17, 15) is 9.59 Å². The van der Waals surface area contributed by atoms with Gasteiger partial charge in [0.1, 0.15) is 11.5 Å². The van der Waals surface area contributed by atoms with Gasteiger partial charge < -0.3 is 14.6 Å². The molecule has 1 saturated carbocycles. The molecular formula is C21H24N4O3S2. The van der Waals surface area contributed by atoms with Crippen LogP contribution in [0.15, 0.2) is 39.4 Å². The van der Waals surface area contributed by atoms with Crippen LogP contribution in [0.1, 0.15) is 65.0 Å². The Bertz CT molecular complexity index is 962. The van der Waals surface area contributed by atoms with Crippen molar-refractivity contribution < 1.29 is 14.0 Å². The lowest BCUT2D eigenvalue weighted by Gasteiger charge is -2.31. The maximum atomic E-state index is 13.5. The van der Waals surface area contributed by atoms with Crippen molar-refractivity contribution >= 4 is 34.7 Å². The summed E-state index contributed by atoms with van der Waals surface area (Å²) in [7, 11) is 0. The minimum atomic E-state index is -0.878. The molecule has 4 rings (SSSR count). The van der Waals surface area contributed by atoms with Gasteiger partial charge in [0.05, 0.1) is 6.54 Å². The van der Waals surface area contributed by atoms with E-state index in [0.717, 1.165) is 42.1 Å². The van der Waals surface area contributed by atoms with Gasteiger partial charge in [-0.05, 0) is 54.9 Å². The van der Waals surface area contributed by atoms with E-state index in [-0.39, 0.29) is 30.1 Å². The van der Waals surface area contributed by atoms with Gasteiger partial charge in [-0.25, -0.2) is 0 Å². The number of aryl methyl sites for hydroxylation is 1. The van der Waals surface area contributed by atoms with Crippen LogP contribution in [-0.4, -0.2) is 32.3 Å². The van der Waals surface area contributed by atoms with Gasteiger partial charge >= 0.3 is 0 Å². The van der Waals surface area contributed by atoms with E-state index < -0.39 is 6.04 Å². The standard InChI is InChI=1S/C21H24N4O3S2/c1-14-9-10-18(28-14)19(20(26)22-15-6-3-2-4-7-15)25(12-16-8-5-11-29-16)21(27)17-13-30-24-23-17/h5,8-11,13,15,19H,2-4,6-7,12H2,1H3,(H,22,26). The van der Waals surface area contributed by atoms with Crippen LogP contribution in [0.25, 0.3) is 0 Å². The van der Waals surface area contributed by atoms with Gasteiger partial charge in [0, 0.05) is 16.3 Å². The predicted octanol–water partition coefficient (Wildman–Crippen LogP) is 4.33. The molecule has 9 heteroatoms. The third-order valence-electron chi connectivity index (χ3n) is 5.29. The summed E-state index contributed by atoms with van der Waals surface area (Å²) < 4.78 is 9.66. The van der Waals surface area contributed by atoms with Crippen molar-refractivity contribution in [2.75, 3.05) is 0 Å². The van der Waals surface area contributed by atoms with Crippen molar-refractivity contribution in [1.29, 1.82) is 0 Å². The second kappa shape index (κ2) is 9.53. The van der Waals surface area contributed by atoms with Crippen LogP contribution in [0.3, 0.4) is 0 Å². The van der Waals surface area contributed by atoms with Crippen molar-refractivity contribution in [2.45, 2.75) is 57.7 Å². The largest absolute Gasteiger partial charge is 0.464 e. The Morgan fingerprint density at radius 3 is 2.73 bits per heavy atom. The highest BCUT2D eigenvalue weighted by molar-refractivity contribution is 7.09. The number of carbonyl (C=O) groups is 2. The summed E-state index contributed by atoms with van der Waals surface area (Å²) in [5.41, 5.74) is 0.232. The number of carbonyl (C=O) groups excluding carboxylic acids is 2. The lowest BCUT2D eigenvalue weighted by molar-refractivity contribution is -0.127. The third-order valence-corrected chi connectivity index (χ3v) is 6.65. The molecule has 1 aliphatic carbocycles. The van der Waals surface area contributed by atoms with Gasteiger partial charge in [0.2, 0.25) is 0 Å². The van der Waals surface area contributed by atoms with Gasteiger partial charge in [-0.2, -0.15) is 0 Å². The molecule has 30 heavy (non-hydrogen) atoms. The van der Waals surface area contributed by atoms with Gasteiger partial charge in [-0.15, -0.1) is 16.4 Å². The first-order chi connectivity index (χ1) is 14.6. The van der Waals surface area contributed by atoms with E-state index in [0.29, 0.717) is 11.5 Å². The SMILES string of the molecule is Cc1ccc(C(C(=O)NC2CCCCC2)N(Cc2cccs2)C(=O)c2csnn2)o1. The van der Waals surface area contributed by atoms with Crippen LogP contribution in [0, 0.1) is 6.92 Å². The number of nitrogens with one attached hydrogen (secondary N) is 1. The molecule has 158 valence electrons. The highest BCUT2D eigenvalue weighted by Crippen LogP contribution is 2.29. The zero-order valence-electron chi connectivity index (χ0n) is 16.7. The molecule has 2 amide bonds. The molecule has 1 N–H and O–H groups in total. The summed E-state index contributed by atoms with van der Waals surface area (Å²) in [6.45, 7) is 2.12. The Morgan fingerprint density at radius 1 is 1.27 bits per heavy atom. The zero-order valence-corrected chi connectivity index (χ0v) is 18.4. The maximum Gasteiger partial charge on any atom is 0.276 e. The fourth-order valence-corrected chi connectivity index (χ4v) is 4.94. The maximum absolute atomic E-state index is 13.5. The molecular weight excluding hydrogens is 420 g/mol. The number of hydrogen-bond donors (Lipinski definition) is 1. The van der Waals surface area contributed by atoms with Crippen LogP contribution in [0.5, 0.6) is 0 Å². The van der Waals surface area contributed by atoms with Crippen molar-refractivity contribution in [3.63, 3.8) is 0 Å². The van der Waals surface area contributed by atoms with Crippen LogP contribution >= 0.6 is 22.9 Å². The Labute approximate surface area is 183 Å². The molecule has 3 aromatic heterocycles.